The van der Waals surface area contributed by atoms with E-state index in [0.29, 0.717) is 37.6 Å². The van der Waals surface area contributed by atoms with Gasteiger partial charge in [-0.25, -0.2) is 13.2 Å². The zero-order valence-corrected chi connectivity index (χ0v) is 15.1. The second-order valence-electron chi connectivity index (χ2n) is 5.62. The minimum Gasteiger partial charge on any atom is -0.465 e. The molecule has 1 heterocycles. The SMILES string of the molecule is COC(=O)c1ccc(N(CCC(=O)N2CCOCC2)S(C)(=O)=O)cc1. The Balaban J connectivity index is 2.08. The van der Waals surface area contributed by atoms with Crippen LogP contribution < -0.4 is 4.31 Å². The van der Waals surface area contributed by atoms with E-state index in [1.165, 1.54) is 31.4 Å². The van der Waals surface area contributed by atoms with Crippen LogP contribution >= 0.6 is 0 Å². The van der Waals surface area contributed by atoms with E-state index in [1.807, 2.05) is 0 Å². The Morgan fingerprint density at radius 1 is 1.20 bits per heavy atom. The topological polar surface area (TPSA) is 93.2 Å². The lowest BCUT2D eigenvalue weighted by Crippen LogP contribution is -2.42. The molecule has 0 radical (unpaired) electrons. The third-order valence-electron chi connectivity index (χ3n) is 3.87. The molecule has 1 saturated heterocycles. The highest BCUT2D eigenvalue weighted by Crippen LogP contribution is 2.19. The molecule has 0 unspecified atom stereocenters. The van der Waals surface area contributed by atoms with E-state index in [1.54, 1.807) is 4.90 Å². The number of nitrogens with zero attached hydrogens (tertiary/aromatic N) is 2. The third-order valence-corrected chi connectivity index (χ3v) is 5.06. The lowest BCUT2D eigenvalue weighted by Gasteiger charge is -2.28. The summed E-state index contributed by atoms with van der Waals surface area (Å²) in [6.45, 7) is 2.07. The molecule has 2 rings (SSSR count). The number of sulfonamides is 1. The number of hydrogen-bond donors (Lipinski definition) is 0. The molecular formula is C16H22N2O6S. The summed E-state index contributed by atoms with van der Waals surface area (Å²) >= 11 is 0. The number of benzene rings is 1. The molecule has 1 aromatic carbocycles. The minimum atomic E-state index is -3.56. The Hall–Kier alpha value is -2.13. The molecule has 0 aromatic heterocycles. The van der Waals surface area contributed by atoms with Gasteiger partial charge in [-0.3, -0.25) is 9.10 Å². The molecule has 1 amide bonds. The van der Waals surface area contributed by atoms with Gasteiger partial charge in [-0.2, -0.15) is 0 Å². The van der Waals surface area contributed by atoms with Crippen LogP contribution in [0.25, 0.3) is 0 Å². The molecule has 0 atom stereocenters. The zero-order valence-electron chi connectivity index (χ0n) is 14.3. The van der Waals surface area contributed by atoms with Gasteiger partial charge in [0, 0.05) is 26.1 Å². The van der Waals surface area contributed by atoms with E-state index in [-0.39, 0.29) is 18.9 Å². The molecule has 1 aliphatic rings. The third kappa shape index (κ3) is 5.17. The summed E-state index contributed by atoms with van der Waals surface area (Å²) in [5, 5.41) is 0. The van der Waals surface area contributed by atoms with Gasteiger partial charge in [0.25, 0.3) is 0 Å². The van der Waals surface area contributed by atoms with Gasteiger partial charge in [-0.05, 0) is 24.3 Å². The average molecular weight is 370 g/mol. The predicted molar refractivity (Wildman–Crippen MR) is 92.0 cm³/mol. The summed E-state index contributed by atoms with van der Waals surface area (Å²) in [4.78, 5) is 25.4. The quantitative estimate of drug-likeness (QED) is 0.677. The lowest BCUT2D eigenvalue weighted by atomic mass is 10.2. The number of ether oxygens (including phenoxy) is 2. The van der Waals surface area contributed by atoms with Crippen molar-refractivity contribution in [3.8, 4) is 0 Å². The van der Waals surface area contributed by atoms with Crippen molar-refractivity contribution in [3.05, 3.63) is 29.8 Å². The lowest BCUT2D eigenvalue weighted by molar-refractivity contribution is -0.135. The maximum Gasteiger partial charge on any atom is 0.337 e. The number of methoxy groups -OCH3 is 1. The monoisotopic (exact) mass is 370 g/mol. The summed E-state index contributed by atoms with van der Waals surface area (Å²) in [6, 6.07) is 6.02. The fourth-order valence-electron chi connectivity index (χ4n) is 2.54. The van der Waals surface area contributed by atoms with Crippen molar-refractivity contribution < 1.29 is 27.5 Å². The molecule has 0 N–H and O–H groups in total. The number of hydrogen-bond acceptors (Lipinski definition) is 6. The first-order chi connectivity index (χ1) is 11.8. The molecule has 0 spiro atoms. The first-order valence-electron chi connectivity index (χ1n) is 7.84. The molecule has 1 aromatic rings. The smallest absolute Gasteiger partial charge is 0.337 e. The second kappa shape index (κ2) is 8.30. The normalized spacial score (nSPS) is 14.9. The van der Waals surface area contributed by atoms with Crippen LogP contribution in [0.2, 0.25) is 0 Å². The standard InChI is InChI=1S/C16H22N2O6S/c1-23-16(20)13-3-5-14(6-4-13)18(25(2,21)22)8-7-15(19)17-9-11-24-12-10-17/h3-6H,7-12H2,1-2H3. The maximum absolute atomic E-state index is 12.2. The van der Waals surface area contributed by atoms with Crippen LogP contribution in [0.15, 0.2) is 24.3 Å². The van der Waals surface area contributed by atoms with Crippen LogP contribution in [-0.2, 0) is 24.3 Å². The molecule has 0 saturated carbocycles. The Morgan fingerprint density at radius 3 is 2.32 bits per heavy atom. The van der Waals surface area contributed by atoms with Crippen molar-refractivity contribution in [2.24, 2.45) is 0 Å². The second-order valence-corrected chi connectivity index (χ2v) is 7.52. The Kier molecular flexibility index (Phi) is 6.38. The van der Waals surface area contributed by atoms with Crippen LogP contribution in [0.1, 0.15) is 16.8 Å². The Labute approximate surface area is 147 Å². The van der Waals surface area contributed by atoms with Crippen molar-refractivity contribution in [3.63, 3.8) is 0 Å². The molecule has 0 bridgehead atoms. The van der Waals surface area contributed by atoms with Crippen LogP contribution in [0, 0.1) is 0 Å². The number of anilines is 1. The largest absolute Gasteiger partial charge is 0.465 e. The van der Waals surface area contributed by atoms with E-state index in [0.717, 1.165) is 10.6 Å². The summed E-state index contributed by atoms with van der Waals surface area (Å²) < 4.78 is 35.1. The van der Waals surface area contributed by atoms with Gasteiger partial charge in [0.1, 0.15) is 0 Å². The van der Waals surface area contributed by atoms with E-state index in [2.05, 4.69) is 4.74 Å². The first kappa shape index (κ1) is 19.2. The number of amides is 1. The van der Waals surface area contributed by atoms with Crippen LogP contribution in [-0.4, -0.2) is 71.4 Å². The molecule has 1 aliphatic heterocycles. The van der Waals surface area contributed by atoms with E-state index >= 15 is 0 Å². The number of carbonyl (C=O) groups is 2. The van der Waals surface area contributed by atoms with Crippen molar-refractivity contribution in [1.29, 1.82) is 0 Å². The maximum atomic E-state index is 12.2. The molecule has 9 heteroatoms. The molecule has 0 aliphatic carbocycles. The van der Waals surface area contributed by atoms with Gasteiger partial charge in [0.05, 0.1) is 37.8 Å². The van der Waals surface area contributed by atoms with Crippen molar-refractivity contribution in [2.75, 3.05) is 50.5 Å². The van der Waals surface area contributed by atoms with Crippen molar-refractivity contribution in [1.82, 2.24) is 4.90 Å². The van der Waals surface area contributed by atoms with Crippen LogP contribution in [0.5, 0.6) is 0 Å². The number of esters is 1. The average Bonchev–Trinajstić information content (AvgIpc) is 2.61. The van der Waals surface area contributed by atoms with Crippen molar-refractivity contribution in [2.45, 2.75) is 6.42 Å². The van der Waals surface area contributed by atoms with Crippen LogP contribution in [0.3, 0.4) is 0 Å². The molecule has 1 fully saturated rings. The van der Waals surface area contributed by atoms with E-state index < -0.39 is 16.0 Å². The van der Waals surface area contributed by atoms with Gasteiger partial charge >= 0.3 is 5.97 Å². The Bertz CT molecular complexity index is 711. The van der Waals surface area contributed by atoms with Crippen molar-refractivity contribution >= 4 is 27.6 Å². The predicted octanol–water partition coefficient (Wildman–Crippen LogP) is 0.488. The summed E-state index contributed by atoms with van der Waals surface area (Å²) in [6.07, 6.45) is 1.16. The van der Waals surface area contributed by atoms with E-state index in [9.17, 15) is 18.0 Å². The highest BCUT2D eigenvalue weighted by molar-refractivity contribution is 7.92. The number of carbonyl (C=O) groups excluding carboxylic acids is 2. The highest BCUT2D eigenvalue weighted by atomic mass is 32.2. The van der Waals surface area contributed by atoms with Gasteiger partial charge in [0.2, 0.25) is 15.9 Å². The summed E-state index contributed by atoms with van der Waals surface area (Å²) in [5.74, 6) is -0.608. The molecule has 25 heavy (non-hydrogen) atoms. The molecular weight excluding hydrogens is 348 g/mol. The summed E-state index contributed by atoms with van der Waals surface area (Å²) in [5.41, 5.74) is 0.717. The molecule has 8 nitrogen and oxygen atoms in total. The zero-order chi connectivity index (χ0) is 18.4. The van der Waals surface area contributed by atoms with E-state index in [4.69, 9.17) is 4.74 Å². The fraction of sp³-hybridized carbons (Fsp3) is 0.500. The van der Waals surface area contributed by atoms with Gasteiger partial charge in [-0.1, -0.05) is 0 Å². The fourth-order valence-corrected chi connectivity index (χ4v) is 3.46. The van der Waals surface area contributed by atoms with Gasteiger partial charge in [-0.15, -0.1) is 0 Å². The molecule has 138 valence electrons. The Morgan fingerprint density at radius 2 is 1.80 bits per heavy atom. The highest BCUT2D eigenvalue weighted by Gasteiger charge is 2.22. The van der Waals surface area contributed by atoms with Gasteiger partial charge < -0.3 is 14.4 Å². The summed E-state index contributed by atoms with van der Waals surface area (Å²) in [7, 11) is -2.29. The minimum absolute atomic E-state index is 0.0343. The number of rotatable bonds is 6. The number of morpholine rings is 1. The first-order valence-corrected chi connectivity index (χ1v) is 9.69. The van der Waals surface area contributed by atoms with Gasteiger partial charge in [0.15, 0.2) is 0 Å². The van der Waals surface area contributed by atoms with Crippen LogP contribution in [0.4, 0.5) is 5.69 Å².